The Morgan fingerprint density at radius 1 is 1.29 bits per heavy atom. The predicted molar refractivity (Wildman–Crippen MR) is 111 cm³/mol. The molecule has 1 aromatic carbocycles. The summed E-state index contributed by atoms with van der Waals surface area (Å²) in [6, 6.07) is 9.18. The van der Waals surface area contributed by atoms with Crippen molar-refractivity contribution < 1.29 is 24.0 Å². The van der Waals surface area contributed by atoms with Crippen LogP contribution in [0.4, 0.5) is 5.69 Å². The third kappa shape index (κ3) is 4.26. The van der Waals surface area contributed by atoms with Gasteiger partial charge in [-0.25, -0.2) is 0 Å². The number of halogens is 1. The molecule has 1 aliphatic rings. The van der Waals surface area contributed by atoms with E-state index in [1.165, 1.54) is 25.1 Å². The Kier molecular flexibility index (Phi) is 6.34. The molecular weight excluding hydrogens is 426 g/mol. The lowest BCUT2D eigenvalue weighted by Gasteiger charge is -2.27. The number of hydrogen-bond acceptors (Lipinski definition) is 7. The molecule has 0 unspecified atom stereocenters. The maximum atomic E-state index is 12.8. The molecule has 10 heteroatoms. The zero-order chi connectivity index (χ0) is 22.7. The first-order chi connectivity index (χ1) is 14.8. The molecule has 0 bridgehead atoms. The first-order valence-electron chi connectivity index (χ1n) is 9.12. The van der Waals surface area contributed by atoms with Crippen LogP contribution in [0.3, 0.4) is 0 Å². The Bertz CT molecular complexity index is 1190. The van der Waals surface area contributed by atoms with E-state index in [0.717, 1.165) is 4.90 Å². The minimum Gasteiger partial charge on any atom is -0.457 e. The smallest absolute Gasteiger partial charge is 0.288 e. The third-order valence-electron chi connectivity index (χ3n) is 4.71. The van der Waals surface area contributed by atoms with Gasteiger partial charge in [0.2, 0.25) is 0 Å². The van der Waals surface area contributed by atoms with Gasteiger partial charge >= 0.3 is 0 Å². The average molecular weight is 442 g/mol. The fourth-order valence-corrected chi connectivity index (χ4v) is 3.28. The number of nitro groups is 1. The van der Waals surface area contributed by atoms with E-state index in [1.54, 1.807) is 18.2 Å². The van der Waals surface area contributed by atoms with Crippen LogP contribution in [0, 0.1) is 21.4 Å². The van der Waals surface area contributed by atoms with Gasteiger partial charge in [0.1, 0.15) is 28.2 Å². The first-order valence-corrected chi connectivity index (χ1v) is 9.50. The number of rotatable bonds is 6. The molecule has 3 rings (SSSR count). The summed E-state index contributed by atoms with van der Waals surface area (Å²) in [4.78, 5) is 36.7. The van der Waals surface area contributed by atoms with Crippen LogP contribution in [0.1, 0.15) is 19.1 Å². The second-order valence-corrected chi connectivity index (χ2v) is 7.04. The number of imide groups is 1. The highest BCUT2D eigenvalue weighted by Gasteiger charge is 2.35. The Labute approximate surface area is 181 Å². The molecule has 1 aromatic heterocycles. The molecule has 2 heterocycles. The van der Waals surface area contributed by atoms with Gasteiger partial charge < -0.3 is 9.52 Å². The molecule has 9 nitrogen and oxygen atoms in total. The minimum atomic E-state index is -0.704. The number of aliphatic hydroxyl groups is 1. The third-order valence-corrected chi connectivity index (χ3v) is 5.03. The summed E-state index contributed by atoms with van der Waals surface area (Å²) in [5.41, 5.74) is 0.313. The minimum absolute atomic E-state index is 0.00659. The van der Waals surface area contributed by atoms with E-state index < -0.39 is 16.7 Å². The van der Waals surface area contributed by atoms with Crippen molar-refractivity contribution in [1.82, 2.24) is 4.90 Å². The van der Waals surface area contributed by atoms with Crippen LogP contribution in [0.25, 0.3) is 17.4 Å². The predicted octanol–water partition coefficient (Wildman–Crippen LogP) is 3.48. The van der Waals surface area contributed by atoms with Crippen molar-refractivity contribution in [3.63, 3.8) is 0 Å². The zero-order valence-electron chi connectivity index (χ0n) is 16.3. The fraction of sp³-hybridized carbons (Fsp3) is 0.190. The molecule has 0 radical (unpaired) electrons. The van der Waals surface area contributed by atoms with Crippen molar-refractivity contribution in [2.24, 2.45) is 0 Å². The first kappa shape index (κ1) is 22.0. The van der Waals surface area contributed by atoms with Gasteiger partial charge in [-0.2, -0.15) is 5.26 Å². The van der Waals surface area contributed by atoms with Crippen molar-refractivity contribution in [2.75, 3.05) is 13.2 Å². The summed E-state index contributed by atoms with van der Waals surface area (Å²) in [5.74, 6) is -0.742. The van der Waals surface area contributed by atoms with Gasteiger partial charge in [0.25, 0.3) is 17.5 Å². The summed E-state index contributed by atoms with van der Waals surface area (Å²) in [5, 5.41) is 29.5. The summed E-state index contributed by atoms with van der Waals surface area (Å²) in [7, 11) is 0. The molecule has 0 aliphatic carbocycles. The van der Waals surface area contributed by atoms with E-state index in [4.69, 9.17) is 21.1 Å². The number of amides is 2. The Hall–Kier alpha value is -3.74. The van der Waals surface area contributed by atoms with Gasteiger partial charge in [-0.1, -0.05) is 11.6 Å². The number of hydrogen-bond donors (Lipinski definition) is 1. The van der Waals surface area contributed by atoms with Crippen LogP contribution >= 0.6 is 11.6 Å². The number of benzene rings is 1. The van der Waals surface area contributed by atoms with Gasteiger partial charge in [0, 0.05) is 30.4 Å². The molecule has 0 atom stereocenters. The van der Waals surface area contributed by atoms with E-state index in [9.17, 15) is 25.0 Å². The van der Waals surface area contributed by atoms with Gasteiger partial charge in [-0.05, 0) is 49.3 Å². The number of aliphatic hydroxyl groups excluding tert-OH is 1. The quantitative estimate of drug-likeness (QED) is 0.313. The molecule has 0 saturated carbocycles. The second kappa shape index (κ2) is 8.95. The van der Waals surface area contributed by atoms with Gasteiger partial charge in [-0.3, -0.25) is 24.6 Å². The Morgan fingerprint density at radius 3 is 2.68 bits per heavy atom. The summed E-state index contributed by atoms with van der Waals surface area (Å²) in [6.07, 6.45) is 1.59. The highest BCUT2D eigenvalue weighted by atomic mass is 35.5. The van der Waals surface area contributed by atoms with Gasteiger partial charge in [-0.15, -0.1) is 0 Å². The maximum Gasteiger partial charge on any atom is 0.288 e. The molecular formula is C21H16ClN3O6. The van der Waals surface area contributed by atoms with Crippen molar-refractivity contribution in [3.8, 4) is 17.4 Å². The summed E-state index contributed by atoms with van der Waals surface area (Å²) < 4.78 is 5.71. The molecule has 2 aromatic rings. The monoisotopic (exact) mass is 441 g/mol. The average Bonchev–Trinajstić information content (AvgIpc) is 3.20. The highest BCUT2D eigenvalue weighted by Crippen LogP contribution is 2.33. The molecule has 1 aliphatic heterocycles. The zero-order valence-corrected chi connectivity index (χ0v) is 17.0. The van der Waals surface area contributed by atoms with Gasteiger partial charge in [0.15, 0.2) is 0 Å². The van der Waals surface area contributed by atoms with Crippen LogP contribution in [0.15, 0.2) is 51.5 Å². The van der Waals surface area contributed by atoms with E-state index >= 15 is 0 Å². The number of nitriles is 1. The van der Waals surface area contributed by atoms with Crippen molar-refractivity contribution in [2.45, 2.75) is 13.3 Å². The molecule has 31 heavy (non-hydrogen) atoms. The lowest BCUT2D eigenvalue weighted by atomic mass is 9.94. The number of nitro benzene ring substituents is 1. The van der Waals surface area contributed by atoms with Crippen LogP contribution in [-0.4, -0.2) is 39.9 Å². The molecule has 0 saturated heterocycles. The maximum absolute atomic E-state index is 12.8. The molecule has 158 valence electrons. The molecule has 0 fully saturated rings. The lowest BCUT2D eigenvalue weighted by molar-refractivity contribution is -0.384. The van der Waals surface area contributed by atoms with Crippen LogP contribution < -0.4 is 0 Å². The van der Waals surface area contributed by atoms with Crippen LogP contribution in [0.2, 0.25) is 5.02 Å². The number of furan rings is 1. The normalized spacial score (nSPS) is 15.5. The molecule has 0 spiro atoms. The van der Waals surface area contributed by atoms with Crippen molar-refractivity contribution in [1.29, 1.82) is 5.26 Å². The standard InChI is InChI=1S/C21H16ClN3O6/c1-12-15(20(27)24(7-2-8-26)21(28)16(12)11-23)10-14-4-6-19(31-14)13-3-5-17(22)18(9-13)25(29)30/h3-6,9-10,26H,2,7-8H2,1H3. The van der Waals surface area contributed by atoms with Crippen molar-refractivity contribution in [3.05, 3.63) is 67.9 Å². The lowest BCUT2D eigenvalue weighted by Crippen LogP contribution is -2.43. The van der Waals surface area contributed by atoms with Crippen LogP contribution in [-0.2, 0) is 9.59 Å². The highest BCUT2D eigenvalue weighted by molar-refractivity contribution is 6.32. The second-order valence-electron chi connectivity index (χ2n) is 6.63. The van der Waals surface area contributed by atoms with E-state index in [1.807, 2.05) is 6.07 Å². The summed E-state index contributed by atoms with van der Waals surface area (Å²) >= 11 is 5.84. The molecule has 2 amide bonds. The van der Waals surface area contributed by atoms with E-state index in [-0.39, 0.29) is 52.8 Å². The van der Waals surface area contributed by atoms with E-state index in [0.29, 0.717) is 11.3 Å². The topological polar surface area (TPSA) is 138 Å². The Balaban J connectivity index is 2.01. The largest absolute Gasteiger partial charge is 0.457 e. The summed E-state index contributed by atoms with van der Waals surface area (Å²) in [6.45, 7) is 1.26. The van der Waals surface area contributed by atoms with Gasteiger partial charge in [0.05, 0.1) is 4.92 Å². The van der Waals surface area contributed by atoms with Crippen molar-refractivity contribution >= 4 is 35.2 Å². The number of carbonyl (C=O) groups excluding carboxylic acids is 2. The number of carbonyl (C=O) groups is 2. The Morgan fingerprint density at radius 2 is 2.03 bits per heavy atom. The van der Waals surface area contributed by atoms with Crippen LogP contribution in [0.5, 0.6) is 0 Å². The SMILES string of the molecule is CC1=C(C#N)C(=O)N(CCCO)C(=O)C1=Cc1ccc(-c2ccc(Cl)c([N+](=O)[O-])c2)o1. The number of nitrogens with zero attached hydrogens (tertiary/aromatic N) is 3. The molecule has 1 N–H and O–H groups in total. The van der Waals surface area contributed by atoms with E-state index in [2.05, 4.69) is 0 Å². The fourth-order valence-electron chi connectivity index (χ4n) is 3.10.